The minimum atomic E-state index is -0.861. The molecule has 0 aliphatic heterocycles. The lowest BCUT2D eigenvalue weighted by Gasteiger charge is -2.10. The molecule has 6 aromatic rings. The van der Waals surface area contributed by atoms with Crippen LogP contribution in [0, 0.1) is 13.8 Å². The van der Waals surface area contributed by atoms with Gasteiger partial charge in [0.05, 0.1) is 34.7 Å². The maximum Gasteiger partial charge on any atom is 0.341 e. The molecule has 0 saturated carbocycles. The number of nitrogens with one attached hydrogen (secondary N) is 2. The Hall–Kier alpha value is -6.04. The highest BCUT2D eigenvalue weighted by molar-refractivity contribution is 5.89. The third-order valence-electron chi connectivity index (χ3n) is 5.61. The number of rotatable bonds is 8. The van der Waals surface area contributed by atoms with Crippen LogP contribution in [0.2, 0.25) is 0 Å². The van der Waals surface area contributed by atoms with Gasteiger partial charge in [-0.2, -0.15) is 0 Å². The predicted molar refractivity (Wildman–Crippen MR) is 231 cm³/mol. The van der Waals surface area contributed by atoms with Gasteiger partial charge >= 0.3 is 11.9 Å². The minimum Gasteiger partial charge on any atom is -0.463 e. The summed E-state index contributed by atoms with van der Waals surface area (Å²) in [5.74, 6) is -1.03. The molecule has 2 N–H and O–H groups in total. The van der Waals surface area contributed by atoms with Gasteiger partial charge in [-0.1, -0.05) is 119 Å². The van der Waals surface area contributed by atoms with E-state index in [1.807, 2.05) is 121 Å². The van der Waals surface area contributed by atoms with Gasteiger partial charge in [0, 0.05) is 42.6 Å². The lowest BCUT2D eigenvalue weighted by Crippen LogP contribution is -2.17. The molecule has 0 fully saturated rings. The van der Waals surface area contributed by atoms with Crippen LogP contribution >= 0.6 is 0 Å². The third-order valence-corrected chi connectivity index (χ3v) is 5.61. The number of aromatic nitrogens is 2. The van der Waals surface area contributed by atoms with E-state index in [1.165, 1.54) is 6.92 Å². The molecule has 12 heteroatoms. The number of hydrogen-bond donors (Lipinski definition) is 2. The molecule has 6 rings (SSSR count). The Morgan fingerprint density at radius 1 is 0.596 bits per heavy atom. The van der Waals surface area contributed by atoms with Crippen molar-refractivity contribution in [2.45, 2.75) is 110 Å². The molecule has 4 aromatic heterocycles. The highest BCUT2D eigenvalue weighted by atomic mass is 16.7. The SMILES string of the molecule is CC.CC.CC.CC.CC.CC.CC(OC=O)OC(=O)c1ccccc1.Cc1cc2occc2[nH]1.Cc1cc2occc2[nH]1.O=COCOC(=O)c1ccccc1. The van der Waals surface area contributed by atoms with E-state index in [0.29, 0.717) is 11.1 Å². The largest absolute Gasteiger partial charge is 0.463 e. The van der Waals surface area contributed by atoms with Crippen molar-refractivity contribution in [1.29, 1.82) is 0 Å². The summed E-state index contributed by atoms with van der Waals surface area (Å²) in [6.45, 7) is 29.6. The summed E-state index contributed by atoms with van der Waals surface area (Å²) in [6.07, 6.45) is 2.50. The fraction of sp³-hybridized carbons (Fsp3) is 0.378. The Labute approximate surface area is 340 Å². The van der Waals surface area contributed by atoms with E-state index in [4.69, 9.17) is 13.6 Å². The van der Waals surface area contributed by atoms with Gasteiger partial charge in [-0.15, -0.1) is 0 Å². The first-order valence-corrected chi connectivity index (χ1v) is 19.5. The highest BCUT2D eigenvalue weighted by Gasteiger charge is 2.11. The smallest absolute Gasteiger partial charge is 0.341 e. The van der Waals surface area contributed by atoms with E-state index < -0.39 is 18.2 Å². The van der Waals surface area contributed by atoms with Gasteiger partial charge in [0.25, 0.3) is 12.9 Å². The van der Waals surface area contributed by atoms with E-state index in [2.05, 4.69) is 24.2 Å². The minimum absolute atomic E-state index is 0.221. The topological polar surface area (TPSA) is 163 Å². The number of esters is 2. The van der Waals surface area contributed by atoms with E-state index in [1.54, 1.807) is 73.2 Å². The van der Waals surface area contributed by atoms with Crippen LogP contribution in [0.1, 0.15) is 122 Å². The van der Waals surface area contributed by atoms with Crippen molar-refractivity contribution >= 4 is 47.1 Å². The predicted octanol–water partition coefficient (Wildman–Crippen LogP) is 12.6. The van der Waals surface area contributed by atoms with Gasteiger partial charge in [0.1, 0.15) is 0 Å². The number of aromatic amines is 2. The quantitative estimate of drug-likeness (QED) is 0.0655. The van der Waals surface area contributed by atoms with Crippen LogP contribution in [0.5, 0.6) is 0 Å². The normalized spacial score (nSPS) is 8.89. The second-order valence-electron chi connectivity index (χ2n) is 9.05. The summed E-state index contributed by atoms with van der Waals surface area (Å²) in [7, 11) is 0. The molecule has 0 spiro atoms. The first kappa shape index (κ1) is 57.7. The fourth-order valence-corrected chi connectivity index (χ4v) is 3.63. The number of aryl methyl sites for hydroxylation is 2. The van der Waals surface area contributed by atoms with Gasteiger partial charge in [0.2, 0.25) is 13.1 Å². The zero-order chi connectivity index (χ0) is 44.4. The molecule has 2 aromatic carbocycles. The molecule has 57 heavy (non-hydrogen) atoms. The average molecular weight is 797 g/mol. The first-order valence-electron chi connectivity index (χ1n) is 19.5. The maximum absolute atomic E-state index is 11.3. The molecule has 4 heterocycles. The third kappa shape index (κ3) is 26.4. The zero-order valence-corrected chi connectivity index (χ0v) is 36.8. The molecular formula is C45H68N2O10. The second kappa shape index (κ2) is 41.1. The van der Waals surface area contributed by atoms with Crippen LogP contribution in [0.3, 0.4) is 0 Å². The van der Waals surface area contributed by atoms with Gasteiger partial charge in [-0.05, 0) is 38.1 Å². The average Bonchev–Trinajstić information content (AvgIpc) is 4.07. The second-order valence-corrected chi connectivity index (χ2v) is 9.05. The van der Waals surface area contributed by atoms with Crippen molar-refractivity contribution in [3.8, 4) is 0 Å². The number of ether oxygens (including phenoxy) is 4. The van der Waals surface area contributed by atoms with Crippen molar-refractivity contribution in [3.63, 3.8) is 0 Å². The van der Waals surface area contributed by atoms with Crippen LogP contribution in [-0.4, -0.2) is 47.9 Å². The Morgan fingerprint density at radius 2 is 0.982 bits per heavy atom. The number of furan rings is 2. The van der Waals surface area contributed by atoms with E-state index in [9.17, 15) is 19.2 Å². The number of hydrogen-bond acceptors (Lipinski definition) is 10. The summed E-state index contributed by atoms with van der Waals surface area (Å²) in [4.78, 5) is 48.3. The van der Waals surface area contributed by atoms with Gasteiger partial charge < -0.3 is 37.7 Å². The van der Waals surface area contributed by atoms with E-state index in [0.717, 1.165) is 33.6 Å². The summed E-state index contributed by atoms with van der Waals surface area (Å²) in [5, 5.41) is 0. The van der Waals surface area contributed by atoms with Crippen molar-refractivity contribution in [3.05, 3.63) is 120 Å². The molecule has 1 unspecified atom stereocenters. The molecule has 0 amide bonds. The Morgan fingerprint density at radius 3 is 1.33 bits per heavy atom. The number of H-pyrrole nitrogens is 2. The van der Waals surface area contributed by atoms with Crippen LogP contribution in [0.4, 0.5) is 0 Å². The Bertz CT molecular complexity index is 1630. The molecule has 12 nitrogen and oxygen atoms in total. The lowest BCUT2D eigenvalue weighted by molar-refractivity contribution is -0.149. The van der Waals surface area contributed by atoms with E-state index in [-0.39, 0.29) is 19.7 Å². The molecule has 1 atom stereocenters. The number of carbonyl (C=O) groups is 4. The molecule has 0 saturated heterocycles. The first-order chi connectivity index (χ1) is 27.8. The Kier molecular flexibility index (Phi) is 41.6. The number of carbonyl (C=O) groups excluding carboxylic acids is 4. The van der Waals surface area contributed by atoms with Crippen LogP contribution in [0.25, 0.3) is 22.2 Å². The monoisotopic (exact) mass is 796 g/mol. The zero-order valence-electron chi connectivity index (χ0n) is 36.8. The van der Waals surface area contributed by atoms with Gasteiger partial charge in [-0.25, -0.2) is 9.59 Å². The Balaban J connectivity index is -0.000000304. The summed E-state index contributed by atoms with van der Waals surface area (Å²) in [6, 6.07) is 24.7. The molecular weight excluding hydrogens is 728 g/mol. The standard InChI is InChI=1S/C10H10O4.C9H8O4.2C7H7NO.6C2H6/c1-8(13-7-11)14-10(12)9-5-3-2-4-6-9;10-6-12-7-13-9(11)8-4-2-1-3-5-8;2*1-5-4-7-6(8-5)2-3-9-7;6*1-2/h2-8H,1H3;1-6H,7H2;2*2-4,8H,1H3;6*1-2H3. The van der Waals surface area contributed by atoms with Crippen molar-refractivity contribution in [2.75, 3.05) is 6.79 Å². The fourth-order valence-electron chi connectivity index (χ4n) is 3.63. The van der Waals surface area contributed by atoms with Gasteiger partial charge in [0.15, 0.2) is 11.2 Å². The van der Waals surface area contributed by atoms with Crippen molar-refractivity contribution < 1.29 is 47.0 Å². The van der Waals surface area contributed by atoms with Crippen LogP contribution in [-0.2, 0) is 28.5 Å². The van der Waals surface area contributed by atoms with Crippen molar-refractivity contribution in [2.24, 2.45) is 0 Å². The number of fused-ring (bicyclic) bond motifs is 2. The van der Waals surface area contributed by atoms with E-state index >= 15 is 0 Å². The van der Waals surface area contributed by atoms with Crippen molar-refractivity contribution in [1.82, 2.24) is 9.97 Å². The maximum atomic E-state index is 11.3. The lowest BCUT2D eigenvalue weighted by atomic mass is 10.2. The highest BCUT2D eigenvalue weighted by Crippen LogP contribution is 2.15. The summed E-state index contributed by atoms with van der Waals surface area (Å²) < 4.78 is 28.2. The molecule has 0 aliphatic carbocycles. The molecule has 0 bridgehead atoms. The summed E-state index contributed by atoms with van der Waals surface area (Å²) >= 11 is 0. The van der Waals surface area contributed by atoms with Crippen LogP contribution < -0.4 is 0 Å². The number of benzene rings is 2. The van der Waals surface area contributed by atoms with Crippen LogP contribution in [0.15, 0.2) is 106 Å². The molecule has 0 radical (unpaired) electrons. The van der Waals surface area contributed by atoms with Gasteiger partial charge in [-0.3, -0.25) is 9.59 Å². The molecule has 318 valence electrons. The molecule has 0 aliphatic rings. The summed E-state index contributed by atoms with van der Waals surface area (Å²) in [5.41, 5.74) is 7.17.